The Labute approximate surface area is 118 Å². The SMILES string of the molecule is CC(C)(C)SCCNC(=S)Nc1cccc(F)c1. The summed E-state index contributed by atoms with van der Waals surface area (Å²) in [5, 5.41) is 6.57. The molecule has 0 spiro atoms. The summed E-state index contributed by atoms with van der Waals surface area (Å²) >= 11 is 7.01. The van der Waals surface area contributed by atoms with Crippen LogP contribution in [0.5, 0.6) is 0 Å². The number of anilines is 1. The van der Waals surface area contributed by atoms with E-state index in [0.717, 1.165) is 12.3 Å². The molecule has 0 unspecified atom stereocenters. The fourth-order valence-electron chi connectivity index (χ4n) is 1.26. The summed E-state index contributed by atoms with van der Waals surface area (Å²) in [4.78, 5) is 0. The van der Waals surface area contributed by atoms with Gasteiger partial charge in [-0.15, -0.1) is 0 Å². The lowest BCUT2D eigenvalue weighted by Crippen LogP contribution is -2.31. The Bertz CT molecular complexity index is 402. The summed E-state index contributed by atoms with van der Waals surface area (Å²) in [5.74, 6) is 0.708. The highest BCUT2D eigenvalue weighted by Crippen LogP contribution is 2.21. The van der Waals surface area contributed by atoms with E-state index >= 15 is 0 Å². The molecule has 100 valence electrons. The number of benzene rings is 1. The van der Waals surface area contributed by atoms with Gasteiger partial charge in [0.2, 0.25) is 0 Å². The maximum absolute atomic E-state index is 12.9. The van der Waals surface area contributed by atoms with Gasteiger partial charge in [0.25, 0.3) is 0 Å². The number of thiocarbonyl (C=S) groups is 1. The summed E-state index contributed by atoms with van der Waals surface area (Å²) in [6.45, 7) is 7.34. The first-order valence-corrected chi connectivity index (χ1v) is 7.20. The van der Waals surface area contributed by atoms with Crippen molar-refractivity contribution in [1.29, 1.82) is 0 Å². The third-order valence-electron chi connectivity index (χ3n) is 2.01. The van der Waals surface area contributed by atoms with E-state index in [0.29, 0.717) is 10.8 Å². The molecule has 0 saturated carbocycles. The van der Waals surface area contributed by atoms with E-state index < -0.39 is 0 Å². The molecule has 2 nitrogen and oxygen atoms in total. The molecule has 0 atom stereocenters. The zero-order chi connectivity index (χ0) is 13.6. The number of hydrogen-bond donors (Lipinski definition) is 2. The molecule has 1 aromatic rings. The lowest BCUT2D eigenvalue weighted by Gasteiger charge is -2.18. The molecule has 0 aromatic heterocycles. The minimum Gasteiger partial charge on any atom is -0.362 e. The fraction of sp³-hybridized carbons (Fsp3) is 0.462. The van der Waals surface area contributed by atoms with E-state index in [9.17, 15) is 4.39 Å². The molecule has 18 heavy (non-hydrogen) atoms. The minimum absolute atomic E-state index is 0.263. The molecule has 2 N–H and O–H groups in total. The number of hydrogen-bond acceptors (Lipinski definition) is 2. The molecular formula is C13H19FN2S2. The van der Waals surface area contributed by atoms with Crippen LogP contribution in [0.15, 0.2) is 24.3 Å². The molecule has 0 aliphatic rings. The maximum atomic E-state index is 12.9. The van der Waals surface area contributed by atoms with Crippen molar-refractivity contribution in [1.82, 2.24) is 5.32 Å². The summed E-state index contributed by atoms with van der Waals surface area (Å²) in [5.41, 5.74) is 0.663. The standard InChI is InChI=1S/C13H19FN2S2/c1-13(2,3)18-8-7-15-12(17)16-11-6-4-5-10(14)9-11/h4-6,9H,7-8H2,1-3H3,(H2,15,16,17). The zero-order valence-corrected chi connectivity index (χ0v) is 12.6. The highest BCUT2D eigenvalue weighted by atomic mass is 32.2. The van der Waals surface area contributed by atoms with Gasteiger partial charge >= 0.3 is 0 Å². The molecule has 0 fully saturated rings. The smallest absolute Gasteiger partial charge is 0.170 e. The number of rotatable bonds is 4. The lowest BCUT2D eigenvalue weighted by molar-refractivity contribution is 0.628. The van der Waals surface area contributed by atoms with E-state index in [1.165, 1.54) is 12.1 Å². The van der Waals surface area contributed by atoms with Crippen LogP contribution < -0.4 is 10.6 Å². The van der Waals surface area contributed by atoms with Gasteiger partial charge in [0.05, 0.1) is 0 Å². The second-order valence-electron chi connectivity index (χ2n) is 4.85. The van der Waals surface area contributed by atoms with Gasteiger partial charge in [-0.05, 0) is 30.4 Å². The van der Waals surface area contributed by atoms with Crippen LogP contribution in [0, 0.1) is 5.82 Å². The van der Waals surface area contributed by atoms with Crippen LogP contribution in [0.2, 0.25) is 0 Å². The van der Waals surface area contributed by atoms with Crippen LogP contribution in [0.3, 0.4) is 0 Å². The van der Waals surface area contributed by atoms with Crippen molar-refractivity contribution < 1.29 is 4.39 Å². The summed E-state index contributed by atoms with van der Waals surface area (Å²) < 4.78 is 13.2. The minimum atomic E-state index is -0.272. The summed E-state index contributed by atoms with van der Waals surface area (Å²) in [6, 6.07) is 6.25. The number of thioether (sulfide) groups is 1. The summed E-state index contributed by atoms with van der Waals surface area (Å²) in [6.07, 6.45) is 0. The van der Waals surface area contributed by atoms with E-state index in [1.807, 2.05) is 11.8 Å². The highest BCUT2D eigenvalue weighted by Gasteiger charge is 2.09. The molecule has 0 aliphatic carbocycles. The average molecular weight is 286 g/mol. The van der Waals surface area contributed by atoms with Crippen molar-refractivity contribution in [3.8, 4) is 0 Å². The van der Waals surface area contributed by atoms with Gasteiger partial charge in [-0.1, -0.05) is 26.8 Å². The van der Waals surface area contributed by atoms with E-state index in [-0.39, 0.29) is 10.6 Å². The van der Waals surface area contributed by atoms with Crippen LogP contribution in [-0.4, -0.2) is 22.2 Å². The van der Waals surface area contributed by atoms with Gasteiger partial charge in [0.15, 0.2) is 5.11 Å². The van der Waals surface area contributed by atoms with Crippen LogP contribution in [0.1, 0.15) is 20.8 Å². The average Bonchev–Trinajstić information content (AvgIpc) is 2.23. The predicted octanol–water partition coefficient (Wildman–Crippen LogP) is 3.64. The fourth-order valence-corrected chi connectivity index (χ4v) is 2.30. The Kier molecular flexibility index (Phi) is 5.88. The molecule has 0 bridgehead atoms. The van der Waals surface area contributed by atoms with Gasteiger partial charge in [-0.2, -0.15) is 11.8 Å². The lowest BCUT2D eigenvalue weighted by atomic mass is 10.3. The van der Waals surface area contributed by atoms with E-state index in [4.69, 9.17) is 12.2 Å². The van der Waals surface area contributed by atoms with E-state index in [1.54, 1.807) is 12.1 Å². The molecule has 0 aliphatic heterocycles. The van der Waals surface area contributed by atoms with Gasteiger partial charge in [0.1, 0.15) is 5.82 Å². The third kappa shape index (κ3) is 6.81. The predicted molar refractivity (Wildman–Crippen MR) is 82.8 cm³/mol. The first-order chi connectivity index (χ1) is 8.37. The van der Waals surface area contributed by atoms with Crippen molar-refractivity contribution in [2.75, 3.05) is 17.6 Å². The molecule has 1 aromatic carbocycles. The molecule has 5 heteroatoms. The Morgan fingerprint density at radius 3 is 2.72 bits per heavy atom. The van der Waals surface area contributed by atoms with Crippen LogP contribution in [-0.2, 0) is 0 Å². The number of nitrogens with one attached hydrogen (secondary N) is 2. The molecule has 1 rings (SSSR count). The maximum Gasteiger partial charge on any atom is 0.170 e. The van der Waals surface area contributed by atoms with E-state index in [2.05, 4.69) is 31.4 Å². The molecule has 0 radical (unpaired) electrons. The second kappa shape index (κ2) is 6.95. The van der Waals surface area contributed by atoms with Gasteiger partial charge < -0.3 is 10.6 Å². The van der Waals surface area contributed by atoms with Gasteiger partial charge in [0, 0.05) is 22.7 Å². The van der Waals surface area contributed by atoms with Crippen molar-refractivity contribution in [3.63, 3.8) is 0 Å². The highest BCUT2D eigenvalue weighted by molar-refractivity contribution is 8.00. The molecule has 0 heterocycles. The van der Waals surface area contributed by atoms with Gasteiger partial charge in [-0.25, -0.2) is 4.39 Å². The van der Waals surface area contributed by atoms with Crippen molar-refractivity contribution in [2.24, 2.45) is 0 Å². The molecule has 0 saturated heterocycles. The molecule has 0 amide bonds. The van der Waals surface area contributed by atoms with Crippen molar-refractivity contribution in [2.45, 2.75) is 25.5 Å². The normalized spacial score (nSPS) is 11.1. The Hall–Kier alpha value is -0.810. The monoisotopic (exact) mass is 286 g/mol. The zero-order valence-electron chi connectivity index (χ0n) is 10.9. The number of halogens is 1. The van der Waals surface area contributed by atoms with Gasteiger partial charge in [-0.3, -0.25) is 0 Å². The van der Waals surface area contributed by atoms with Crippen LogP contribution in [0.25, 0.3) is 0 Å². The Morgan fingerprint density at radius 1 is 1.39 bits per heavy atom. The second-order valence-corrected chi connectivity index (χ2v) is 7.18. The Balaban J connectivity index is 2.26. The van der Waals surface area contributed by atoms with Crippen LogP contribution >= 0.6 is 24.0 Å². The quantitative estimate of drug-likeness (QED) is 0.652. The third-order valence-corrected chi connectivity index (χ3v) is 3.53. The van der Waals surface area contributed by atoms with Crippen molar-refractivity contribution in [3.05, 3.63) is 30.1 Å². The summed E-state index contributed by atoms with van der Waals surface area (Å²) in [7, 11) is 0. The van der Waals surface area contributed by atoms with Crippen molar-refractivity contribution >= 4 is 34.8 Å². The largest absolute Gasteiger partial charge is 0.362 e. The molecular weight excluding hydrogens is 267 g/mol. The first kappa shape index (κ1) is 15.2. The van der Waals surface area contributed by atoms with Crippen LogP contribution in [0.4, 0.5) is 10.1 Å². The topological polar surface area (TPSA) is 24.1 Å². The Morgan fingerprint density at radius 2 is 2.11 bits per heavy atom. The first-order valence-electron chi connectivity index (χ1n) is 5.81.